The van der Waals surface area contributed by atoms with Gasteiger partial charge in [0.15, 0.2) is 5.84 Å². The van der Waals surface area contributed by atoms with Crippen LogP contribution in [0.4, 0.5) is 0 Å². The van der Waals surface area contributed by atoms with Crippen LogP contribution in [0.2, 0.25) is 0 Å². The van der Waals surface area contributed by atoms with E-state index in [1.807, 2.05) is 6.92 Å². The molecule has 1 aromatic heterocycles. The van der Waals surface area contributed by atoms with Gasteiger partial charge in [-0.2, -0.15) is 4.31 Å². The smallest absolute Gasteiger partial charge is 0.253 e. The predicted molar refractivity (Wildman–Crippen MR) is 79.2 cm³/mol. The average molecular weight is 370 g/mol. The van der Waals surface area contributed by atoms with Crippen LogP contribution in [-0.4, -0.2) is 36.4 Å². The van der Waals surface area contributed by atoms with Crippen LogP contribution >= 0.6 is 27.3 Å². The fourth-order valence-electron chi connectivity index (χ4n) is 1.41. The van der Waals surface area contributed by atoms with Gasteiger partial charge in [-0.3, -0.25) is 0 Å². The molecule has 6 nitrogen and oxygen atoms in total. The molecule has 0 unspecified atom stereocenters. The number of amidine groups is 1. The van der Waals surface area contributed by atoms with Crippen molar-refractivity contribution in [2.24, 2.45) is 10.9 Å². The standard InChI is InChI=1S/C10H16BrN3O3S2/c1-6(2)14(5-8(12)13-15)19(16,17)9-4-7(3)10(11)18-9/h4,6,15H,5H2,1-3H3,(H2,12,13). The third-order valence-corrected chi connectivity index (χ3v) is 7.03. The van der Waals surface area contributed by atoms with Gasteiger partial charge in [0.05, 0.1) is 10.3 Å². The molecule has 0 atom stereocenters. The molecule has 1 heterocycles. The molecule has 0 radical (unpaired) electrons. The number of nitrogens with zero attached hydrogens (tertiary/aromatic N) is 2. The van der Waals surface area contributed by atoms with Gasteiger partial charge in [0.1, 0.15) is 4.21 Å². The quantitative estimate of drug-likeness (QED) is 0.358. The van der Waals surface area contributed by atoms with Gasteiger partial charge >= 0.3 is 0 Å². The second-order valence-electron chi connectivity index (χ2n) is 4.26. The van der Waals surface area contributed by atoms with Gasteiger partial charge in [0.25, 0.3) is 10.0 Å². The maximum atomic E-state index is 12.5. The first-order valence-electron chi connectivity index (χ1n) is 5.44. The summed E-state index contributed by atoms with van der Waals surface area (Å²) >= 11 is 4.45. The normalized spacial score (nSPS) is 13.5. The van der Waals surface area contributed by atoms with Crippen LogP contribution in [-0.2, 0) is 10.0 Å². The lowest BCUT2D eigenvalue weighted by Gasteiger charge is -2.24. The number of hydrogen-bond donors (Lipinski definition) is 2. The first-order valence-corrected chi connectivity index (χ1v) is 8.49. The minimum absolute atomic E-state index is 0.148. The maximum absolute atomic E-state index is 12.5. The van der Waals surface area contributed by atoms with Crippen LogP contribution in [0.3, 0.4) is 0 Å². The maximum Gasteiger partial charge on any atom is 0.253 e. The number of oxime groups is 1. The van der Waals surface area contributed by atoms with Crippen LogP contribution in [0.15, 0.2) is 19.2 Å². The number of hydrogen-bond acceptors (Lipinski definition) is 5. The molecule has 1 aromatic rings. The van der Waals surface area contributed by atoms with E-state index >= 15 is 0 Å². The molecule has 0 aliphatic carbocycles. The minimum atomic E-state index is -3.66. The highest BCUT2D eigenvalue weighted by Gasteiger charge is 2.29. The molecule has 0 spiro atoms. The summed E-state index contributed by atoms with van der Waals surface area (Å²) in [7, 11) is -3.66. The summed E-state index contributed by atoms with van der Waals surface area (Å²) in [5, 5.41) is 11.4. The molecule has 0 aliphatic rings. The fraction of sp³-hybridized carbons (Fsp3) is 0.500. The topological polar surface area (TPSA) is 96.0 Å². The Kier molecular flexibility index (Phi) is 5.36. The number of thiophene rings is 1. The van der Waals surface area contributed by atoms with E-state index in [4.69, 9.17) is 10.9 Å². The molecule has 0 bridgehead atoms. The molecule has 108 valence electrons. The summed E-state index contributed by atoms with van der Waals surface area (Å²) in [5.41, 5.74) is 6.27. The van der Waals surface area contributed by atoms with E-state index < -0.39 is 10.0 Å². The van der Waals surface area contributed by atoms with E-state index in [9.17, 15) is 8.42 Å². The van der Waals surface area contributed by atoms with E-state index in [-0.39, 0.29) is 22.6 Å². The average Bonchev–Trinajstić information content (AvgIpc) is 2.66. The molecule has 1 rings (SSSR count). The Morgan fingerprint density at radius 2 is 2.21 bits per heavy atom. The summed E-state index contributed by atoms with van der Waals surface area (Å²) in [5.74, 6) is -0.149. The second kappa shape index (κ2) is 6.21. The number of sulfonamides is 1. The van der Waals surface area contributed by atoms with Crippen molar-refractivity contribution < 1.29 is 13.6 Å². The molecule has 0 saturated carbocycles. The summed E-state index contributed by atoms with van der Waals surface area (Å²) in [6.07, 6.45) is 0. The van der Waals surface area contributed by atoms with Crippen LogP contribution in [0.5, 0.6) is 0 Å². The van der Waals surface area contributed by atoms with Crippen molar-refractivity contribution in [3.05, 3.63) is 15.4 Å². The van der Waals surface area contributed by atoms with Gasteiger partial charge in [-0.05, 0) is 48.3 Å². The molecule has 3 N–H and O–H groups in total. The van der Waals surface area contributed by atoms with Crippen LogP contribution in [0.1, 0.15) is 19.4 Å². The van der Waals surface area contributed by atoms with Crippen molar-refractivity contribution in [1.29, 1.82) is 0 Å². The lowest BCUT2D eigenvalue weighted by Crippen LogP contribution is -2.42. The molecule has 0 amide bonds. The van der Waals surface area contributed by atoms with Crippen molar-refractivity contribution in [3.63, 3.8) is 0 Å². The number of rotatable bonds is 5. The minimum Gasteiger partial charge on any atom is -0.409 e. The second-order valence-corrected chi connectivity index (χ2v) is 8.74. The Morgan fingerprint density at radius 3 is 2.58 bits per heavy atom. The zero-order valence-corrected chi connectivity index (χ0v) is 14.0. The molecule has 0 fully saturated rings. The Labute approximate surface area is 125 Å². The highest BCUT2D eigenvalue weighted by Crippen LogP contribution is 2.32. The molecule has 9 heteroatoms. The molecule has 0 aromatic carbocycles. The van der Waals surface area contributed by atoms with E-state index in [2.05, 4.69) is 21.1 Å². The van der Waals surface area contributed by atoms with E-state index in [1.165, 1.54) is 4.31 Å². The largest absolute Gasteiger partial charge is 0.409 e. The monoisotopic (exact) mass is 369 g/mol. The summed E-state index contributed by atoms with van der Waals surface area (Å²) in [6, 6.07) is 1.30. The SMILES string of the molecule is Cc1cc(S(=O)(=O)N(CC(N)=NO)C(C)C)sc1Br. The highest BCUT2D eigenvalue weighted by molar-refractivity contribution is 9.11. The van der Waals surface area contributed by atoms with Gasteiger partial charge in [0, 0.05) is 6.04 Å². The summed E-state index contributed by atoms with van der Waals surface area (Å²) in [6.45, 7) is 5.14. The Hall–Kier alpha value is -0.640. The highest BCUT2D eigenvalue weighted by atomic mass is 79.9. The van der Waals surface area contributed by atoms with Crippen molar-refractivity contribution in [2.75, 3.05) is 6.54 Å². The molecule has 0 saturated heterocycles. The van der Waals surface area contributed by atoms with Crippen molar-refractivity contribution in [1.82, 2.24) is 4.31 Å². The molecule has 19 heavy (non-hydrogen) atoms. The number of halogens is 1. The number of nitrogens with two attached hydrogens (primary N) is 1. The summed E-state index contributed by atoms with van der Waals surface area (Å²) in [4.78, 5) is 0. The van der Waals surface area contributed by atoms with E-state index in [0.717, 1.165) is 20.7 Å². The van der Waals surface area contributed by atoms with Crippen LogP contribution in [0.25, 0.3) is 0 Å². The van der Waals surface area contributed by atoms with Crippen LogP contribution < -0.4 is 5.73 Å². The molecule has 0 aliphatic heterocycles. The van der Waals surface area contributed by atoms with Crippen molar-refractivity contribution in [3.8, 4) is 0 Å². The van der Waals surface area contributed by atoms with Gasteiger partial charge in [-0.15, -0.1) is 11.3 Å². The Morgan fingerprint density at radius 1 is 1.63 bits per heavy atom. The fourth-order valence-corrected chi connectivity index (χ4v) is 5.37. The molecular formula is C10H16BrN3O3S2. The van der Waals surface area contributed by atoms with Gasteiger partial charge in [-0.1, -0.05) is 5.16 Å². The summed E-state index contributed by atoms with van der Waals surface area (Å²) < 4.78 is 27.2. The first-order chi connectivity index (χ1) is 8.70. The lowest BCUT2D eigenvalue weighted by atomic mass is 10.4. The van der Waals surface area contributed by atoms with Crippen molar-refractivity contribution in [2.45, 2.75) is 31.0 Å². The van der Waals surface area contributed by atoms with E-state index in [0.29, 0.717) is 0 Å². The third-order valence-electron chi connectivity index (χ3n) is 2.42. The predicted octanol–water partition coefficient (Wildman–Crippen LogP) is 1.96. The zero-order valence-electron chi connectivity index (χ0n) is 10.8. The number of aryl methyl sites for hydroxylation is 1. The molecular weight excluding hydrogens is 354 g/mol. The Balaban J connectivity index is 3.20. The van der Waals surface area contributed by atoms with E-state index in [1.54, 1.807) is 19.9 Å². The Bertz CT molecular complexity index is 561. The van der Waals surface area contributed by atoms with Crippen LogP contribution in [0, 0.1) is 6.92 Å². The van der Waals surface area contributed by atoms with Gasteiger partial charge in [0.2, 0.25) is 0 Å². The van der Waals surface area contributed by atoms with Gasteiger partial charge < -0.3 is 10.9 Å². The third kappa shape index (κ3) is 3.68. The lowest BCUT2D eigenvalue weighted by molar-refractivity contribution is 0.312. The first kappa shape index (κ1) is 16.4. The van der Waals surface area contributed by atoms with Gasteiger partial charge in [-0.25, -0.2) is 8.42 Å². The van der Waals surface area contributed by atoms with Crippen molar-refractivity contribution >= 4 is 43.1 Å². The zero-order chi connectivity index (χ0) is 14.8.